The highest BCUT2D eigenvalue weighted by atomic mass is 14.7. The highest BCUT2D eigenvalue weighted by molar-refractivity contribution is 5.57. The van der Waals surface area contributed by atoms with Crippen molar-refractivity contribution < 1.29 is 0 Å². The Labute approximate surface area is 93.2 Å². The van der Waals surface area contributed by atoms with Gasteiger partial charge in [0.2, 0.25) is 0 Å². The standard InChI is InChI=1S/C14H21N/c1-2-3-4-5-9-12-15-13-14-10-7-6-8-11-14/h6-8,10-12H,2-5,9,13H2,1H3. The summed E-state index contributed by atoms with van der Waals surface area (Å²) in [6, 6.07) is 10.4. The van der Waals surface area contributed by atoms with Crippen molar-refractivity contribution in [1.29, 1.82) is 0 Å². The first-order chi connectivity index (χ1) is 7.43. The van der Waals surface area contributed by atoms with Gasteiger partial charge in [0.25, 0.3) is 0 Å². The summed E-state index contributed by atoms with van der Waals surface area (Å²) in [5.74, 6) is 0. The van der Waals surface area contributed by atoms with Crippen LogP contribution in [0.1, 0.15) is 44.6 Å². The molecule has 82 valence electrons. The summed E-state index contributed by atoms with van der Waals surface area (Å²) in [4.78, 5) is 4.41. The first-order valence-electron chi connectivity index (χ1n) is 5.95. The van der Waals surface area contributed by atoms with Crippen LogP contribution in [-0.2, 0) is 6.54 Å². The smallest absolute Gasteiger partial charge is 0.0635 e. The van der Waals surface area contributed by atoms with Crippen LogP contribution in [-0.4, -0.2) is 6.21 Å². The van der Waals surface area contributed by atoms with Crippen molar-refractivity contribution in [3.05, 3.63) is 35.9 Å². The van der Waals surface area contributed by atoms with Crippen molar-refractivity contribution in [2.45, 2.75) is 45.6 Å². The van der Waals surface area contributed by atoms with Gasteiger partial charge in [-0.3, -0.25) is 4.99 Å². The first-order valence-corrected chi connectivity index (χ1v) is 5.95. The second-order valence-electron chi connectivity index (χ2n) is 3.86. The lowest BCUT2D eigenvalue weighted by Crippen LogP contribution is -1.82. The number of hydrogen-bond donors (Lipinski definition) is 0. The van der Waals surface area contributed by atoms with Crippen LogP contribution < -0.4 is 0 Å². The maximum Gasteiger partial charge on any atom is 0.0635 e. The van der Waals surface area contributed by atoms with Crippen LogP contribution in [0.25, 0.3) is 0 Å². The monoisotopic (exact) mass is 203 g/mol. The molecule has 1 heteroatoms. The van der Waals surface area contributed by atoms with Gasteiger partial charge in [0.05, 0.1) is 6.54 Å². The second-order valence-corrected chi connectivity index (χ2v) is 3.86. The quantitative estimate of drug-likeness (QED) is 0.464. The van der Waals surface area contributed by atoms with E-state index >= 15 is 0 Å². The number of aliphatic imine (C=N–C) groups is 1. The average Bonchev–Trinajstić information content (AvgIpc) is 2.29. The molecule has 1 rings (SSSR count). The Morgan fingerprint density at radius 2 is 1.87 bits per heavy atom. The zero-order valence-corrected chi connectivity index (χ0v) is 9.65. The van der Waals surface area contributed by atoms with Gasteiger partial charge in [0.15, 0.2) is 0 Å². The van der Waals surface area contributed by atoms with Gasteiger partial charge in [0.1, 0.15) is 0 Å². The molecule has 1 nitrogen and oxygen atoms in total. The summed E-state index contributed by atoms with van der Waals surface area (Å²) in [5.41, 5.74) is 1.29. The minimum Gasteiger partial charge on any atom is -0.293 e. The number of unbranched alkanes of at least 4 members (excludes halogenated alkanes) is 4. The van der Waals surface area contributed by atoms with E-state index in [0.29, 0.717) is 0 Å². The molecule has 0 saturated heterocycles. The van der Waals surface area contributed by atoms with Gasteiger partial charge in [-0.1, -0.05) is 56.5 Å². The molecule has 0 saturated carbocycles. The van der Waals surface area contributed by atoms with Crippen LogP contribution in [0.3, 0.4) is 0 Å². The molecule has 15 heavy (non-hydrogen) atoms. The molecule has 0 unspecified atom stereocenters. The molecule has 1 aromatic rings. The number of nitrogens with zero attached hydrogens (tertiary/aromatic N) is 1. The lowest BCUT2D eigenvalue weighted by molar-refractivity contribution is 0.685. The van der Waals surface area contributed by atoms with Crippen molar-refractivity contribution in [2.24, 2.45) is 4.99 Å². The zero-order valence-electron chi connectivity index (χ0n) is 9.65. The van der Waals surface area contributed by atoms with E-state index in [-0.39, 0.29) is 0 Å². The third kappa shape index (κ3) is 6.05. The van der Waals surface area contributed by atoms with E-state index in [1.807, 2.05) is 6.07 Å². The normalized spacial score (nSPS) is 11.0. The van der Waals surface area contributed by atoms with Gasteiger partial charge < -0.3 is 0 Å². The highest BCUT2D eigenvalue weighted by Crippen LogP contribution is 2.02. The number of rotatable bonds is 7. The molecule has 0 aliphatic heterocycles. The predicted molar refractivity (Wildman–Crippen MR) is 67.4 cm³/mol. The zero-order chi connectivity index (χ0) is 10.8. The van der Waals surface area contributed by atoms with Crippen LogP contribution in [0.2, 0.25) is 0 Å². The summed E-state index contributed by atoms with van der Waals surface area (Å²) in [6.45, 7) is 3.07. The first kappa shape index (κ1) is 12.0. The van der Waals surface area contributed by atoms with Crippen LogP contribution >= 0.6 is 0 Å². The third-order valence-corrected chi connectivity index (χ3v) is 2.43. The van der Waals surface area contributed by atoms with Crippen molar-refractivity contribution in [3.8, 4) is 0 Å². The SMILES string of the molecule is CCCCCCC=NCc1ccccc1. The van der Waals surface area contributed by atoms with Crippen molar-refractivity contribution in [1.82, 2.24) is 0 Å². The molecule has 0 aliphatic carbocycles. The molecule has 0 atom stereocenters. The Hall–Kier alpha value is -1.11. The van der Waals surface area contributed by atoms with Crippen LogP contribution in [0.4, 0.5) is 0 Å². The van der Waals surface area contributed by atoms with Gasteiger partial charge in [0, 0.05) is 0 Å². The van der Waals surface area contributed by atoms with Crippen LogP contribution in [0.15, 0.2) is 35.3 Å². The van der Waals surface area contributed by atoms with E-state index in [4.69, 9.17) is 0 Å². The minimum atomic E-state index is 0.828. The Bertz CT molecular complexity index is 264. The van der Waals surface area contributed by atoms with Gasteiger partial charge in [-0.2, -0.15) is 0 Å². The molecule has 1 aromatic carbocycles. The van der Waals surface area contributed by atoms with Gasteiger partial charge in [-0.25, -0.2) is 0 Å². The molecule has 0 heterocycles. The van der Waals surface area contributed by atoms with Crippen LogP contribution in [0.5, 0.6) is 0 Å². The van der Waals surface area contributed by atoms with Crippen molar-refractivity contribution in [3.63, 3.8) is 0 Å². The molecule has 0 spiro atoms. The van der Waals surface area contributed by atoms with E-state index in [9.17, 15) is 0 Å². The topological polar surface area (TPSA) is 12.4 Å². The fourth-order valence-electron chi connectivity index (χ4n) is 1.51. The lowest BCUT2D eigenvalue weighted by atomic mass is 10.2. The lowest BCUT2D eigenvalue weighted by Gasteiger charge is -1.95. The maximum atomic E-state index is 4.41. The minimum absolute atomic E-state index is 0.828. The summed E-state index contributed by atoms with van der Waals surface area (Å²) < 4.78 is 0. The molecular weight excluding hydrogens is 182 g/mol. The molecule has 0 aromatic heterocycles. The molecule has 0 amide bonds. The molecule has 0 N–H and O–H groups in total. The van der Waals surface area contributed by atoms with E-state index in [2.05, 4.69) is 42.4 Å². The van der Waals surface area contributed by atoms with E-state index in [1.165, 1.54) is 31.2 Å². The average molecular weight is 203 g/mol. The maximum absolute atomic E-state index is 4.41. The highest BCUT2D eigenvalue weighted by Gasteiger charge is 1.87. The van der Waals surface area contributed by atoms with Gasteiger partial charge >= 0.3 is 0 Å². The molecule has 0 aliphatic rings. The molecule has 0 bridgehead atoms. The van der Waals surface area contributed by atoms with E-state index in [0.717, 1.165) is 13.0 Å². The second kappa shape index (κ2) is 8.22. The van der Waals surface area contributed by atoms with Crippen LogP contribution in [0, 0.1) is 0 Å². The fourth-order valence-corrected chi connectivity index (χ4v) is 1.51. The summed E-state index contributed by atoms with van der Waals surface area (Å²) >= 11 is 0. The molecule has 0 fully saturated rings. The number of hydrogen-bond acceptors (Lipinski definition) is 1. The summed E-state index contributed by atoms with van der Waals surface area (Å²) in [7, 11) is 0. The fraction of sp³-hybridized carbons (Fsp3) is 0.500. The summed E-state index contributed by atoms with van der Waals surface area (Å²) in [5, 5.41) is 0. The Kier molecular flexibility index (Phi) is 6.55. The Balaban J connectivity index is 2.07. The van der Waals surface area contributed by atoms with E-state index < -0.39 is 0 Å². The molecule has 0 radical (unpaired) electrons. The largest absolute Gasteiger partial charge is 0.293 e. The summed E-state index contributed by atoms with van der Waals surface area (Å²) in [6.07, 6.45) is 8.49. The van der Waals surface area contributed by atoms with Gasteiger partial charge in [-0.05, 0) is 24.6 Å². The molecular formula is C14H21N. The van der Waals surface area contributed by atoms with Crippen molar-refractivity contribution in [2.75, 3.05) is 0 Å². The van der Waals surface area contributed by atoms with Crippen molar-refractivity contribution >= 4 is 6.21 Å². The number of benzene rings is 1. The van der Waals surface area contributed by atoms with Gasteiger partial charge in [-0.15, -0.1) is 0 Å². The Morgan fingerprint density at radius 3 is 2.60 bits per heavy atom. The predicted octanol–water partition coefficient (Wildman–Crippen LogP) is 4.23. The third-order valence-electron chi connectivity index (χ3n) is 2.43. The Morgan fingerprint density at radius 1 is 1.07 bits per heavy atom. The van der Waals surface area contributed by atoms with E-state index in [1.54, 1.807) is 0 Å².